The number of fused-ring (bicyclic) bond motifs is 1. The standard InChI is InChI=1S/C22H14BrClO3/c23-16-5-1-15(2-6-16)13-26-18-9-10-19-20(12-18)27-21(22(19)25)11-14-3-7-17(24)8-4-14/h1-12H,13H2. The maximum atomic E-state index is 12.5. The van der Waals surface area contributed by atoms with Crippen LogP contribution in [0.5, 0.6) is 11.5 Å². The molecule has 3 aromatic carbocycles. The molecular formula is C22H14BrClO3. The number of hydrogen-bond acceptors (Lipinski definition) is 3. The van der Waals surface area contributed by atoms with Crippen molar-refractivity contribution < 1.29 is 14.3 Å². The minimum atomic E-state index is -0.139. The summed E-state index contributed by atoms with van der Waals surface area (Å²) in [6.07, 6.45) is 1.71. The largest absolute Gasteiger partial charge is 0.489 e. The van der Waals surface area contributed by atoms with E-state index in [1.54, 1.807) is 36.4 Å². The number of ketones is 1. The molecule has 0 aliphatic carbocycles. The van der Waals surface area contributed by atoms with Gasteiger partial charge in [-0.1, -0.05) is 51.8 Å². The van der Waals surface area contributed by atoms with Crippen molar-refractivity contribution in [3.8, 4) is 11.5 Å². The van der Waals surface area contributed by atoms with E-state index in [0.717, 1.165) is 15.6 Å². The van der Waals surface area contributed by atoms with Crippen molar-refractivity contribution in [2.45, 2.75) is 6.61 Å². The third-order valence-electron chi connectivity index (χ3n) is 4.13. The molecule has 0 saturated heterocycles. The Balaban J connectivity index is 1.50. The number of halogens is 2. The molecule has 3 aromatic rings. The van der Waals surface area contributed by atoms with Gasteiger partial charge in [0.15, 0.2) is 5.76 Å². The first-order chi connectivity index (χ1) is 13.1. The van der Waals surface area contributed by atoms with Crippen LogP contribution in [0, 0.1) is 0 Å². The topological polar surface area (TPSA) is 35.5 Å². The molecular weight excluding hydrogens is 428 g/mol. The van der Waals surface area contributed by atoms with Crippen LogP contribution in [-0.2, 0) is 6.61 Å². The van der Waals surface area contributed by atoms with Gasteiger partial charge in [0.05, 0.1) is 5.56 Å². The highest BCUT2D eigenvalue weighted by molar-refractivity contribution is 9.10. The summed E-state index contributed by atoms with van der Waals surface area (Å²) in [6.45, 7) is 0.438. The number of carbonyl (C=O) groups is 1. The second kappa shape index (κ2) is 7.59. The van der Waals surface area contributed by atoms with Gasteiger partial charge < -0.3 is 9.47 Å². The minimum Gasteiger partial charge on any atom is -0.489 e. The molecule has 0 N–H and O–H groups in total. The number of benzene rings is 3. The van der Waals surface area contributed by atoms with Gasteiger partial charge in [-0.05, 0) is 53.6 Å². The number of hydrogen-bond donors (Lipinski definition) is 0. The number of rotatable bonds is 4. The lowest BCUT2D eigenvalue weighted by Crippen LogP contribution is -1.98. The average molecular weight is 442 g/mol. The van der Waals surface area contributed by atoms with E-state index < -0.39 is 0 Å². The van der Waals surface area contributed by atoms with Crippen molar-refractivity contribution in [1.29, 1.82) is 0 Å². The number of Topliss-reactive ketones (excluding diaryl/α,β-unsaturated/α-hetero) is 1. The molecule has 5 heteroatoms. The SMILES string of the molecule is O=C1C(=Cc2ccc(Cl)cc2)Oc2cc(OCc3ccc(Br)cc3)ccc21. The van der Waals surface area contributed by atoms with Gasteiger partial charge in [0.2, 0.25) is 5.78 Å². The highest BCUT2D eigenvalue weighted by Crippen LogP contribution is 2.35. The Morgan fingerprint density at radius 3 is 2.48 bits per heavy atom. The predicted molar refractivity (Wildman–Crippen MR) is 109 cm³/mol. The van der Waals surface area contributed by atoms with Crippen molar-refractivity contribution in [2.24, 2.45) is 0 Å². The predicted octanol–water partition coefficient (Wildman–Crippen LogP) is 6.30. The fourth-order valence-corrected chi connectivity index (χ4v) is 3.11. The average Bonchev–Trinajstić information content (AvgIpc) is 2.98. The summed E-state index contributed by atoms with van der Waals surface area (Å²) >= 11 is 9.31. The summed E-state index contributed by atoms with van der Waals surface area (Å²) in [4.78, 5) is 12.5. The zero-order valence-corrected chi connectivity index (χ0v) is 16.5. The molecule has 134 valence electrons. The Bertz CT molecular complexity index is 1020. The molecule has 1 heterocycles. The van der Waals surface area contributed by atoms with Crippen LogP contribution in [-0.4, -0.2) is 5.78 Å². The van der Waals surface area contributed by atoms with Crippen LogP contribution in [0.3, 0.4) is 0 Å². The molecule has 0 aromatic heterocycles. The van der Waals surface area contributed by atoms with E-state index in [-0.39, 0.29) is 11.5 Å². The lowest BCUT2D eigenvalue weighted by molar-refractivity contribution is 0.101. The molecule has 0 amide bonds. The van der Waals surface area contributed by atoms with Gasteiger partial charge in [-0.3, -0.25) is 4.79 Å². The van der Waals surface area contributed by atoms with Gasteiger partial charge >= 0.3 is 0 Å². The monoisotopic (exact) mass is 440 g/mol. The zero-order chi connectivity index (χ0) is 18.8. The van der Waals surface area contributed by atoms with E-state index in [9.17, 15) is 4.79 Å². The highest BCUT2D eigenvalue weighted by atomic mass is 79.9. The van der Waals surface area contributed by atoms with Crippen molar-refractivity contribution >= 4 is 39.4 Å². The molecule has 0 fully saturated rings. The number of ether oxygens (including phenoxy) is 2. The Labute approximate surface area is 170 Å². The molecule has 0 atom stereocenters. The number of carbonyl (C=O) groups excluding carboxylic acids is 1. The van der Waals surface area contributed by atoms with Crippen molar-refractivity contribution in [3.63, 3.8) is 0 Å². The summed E-state index contributed by atoms with van der Waals surface area (Å²) in [7, 11) is 0. The smallest absolute Gasteiger partial charge is 0.231 e. The van der Waals surface area contributed by atoms with E-state index in [0.29, 0.717) is 28.7 Å². The van der Waals surface area contributed by atoms with E-state index in [4.69, 9.17) is 21.1 Å². The third-order valence-corrected chi connectivity index (χ3v) is 4.91. The van der Waals surface area contributed by atoms with Crippen LogP contribution in [0.1, 0.15) is 21.5 Å². The van der Waals surface area contributed by atoms with Crippen molar-refractivity contribution in [3.05, 3.63) is 98.7 Å². The van der Waals surface area contributed by atoms with E-state index in [2.05, 4.69) is 15.9 Å². The van der Waals surface area contributed by atoms with Crippen LogP contribution < -0.4 is 9.47 Å². The van der Waals surface area contributed by atoms with Gasteiger partial charge in [-0.2, -0.15) is 0 Å². The summed E-state index contributed by atoms with van der Waals surface area (Å²) < 4.78 is 12.6. The molecule has 1 aliphatic heterocycles. The lowest BCUT2D eigenvalue weighted by atomic mass is 10.1. The quantitative estimate of drug-likeness (QED) is 0.446. The summed E-state index contributed by atoms with van der Waals surface area (Å²) in [5, 5.41) is 0.645. The fraction of sp³-hybridized carbons (Fsp3) is 0.0455. The molecule has 27 heavy (non-hydrogen) atoms. The molecule has 0 unspecified atom stereocenters. The summed E-state index contributed by atoms with van der Waals surface area (Å²) in [6, 6.07) is 20.4. The molecule has 0 spiro atoms. The van der Waals surface area contributed by atoms with Crippen LogP contribution in [0.4, 0.5) is 0 Å². The van der Waals surface area contributed by atoms with Gasteiger partial charge in [0, 0.05) is 15.6 Å². The zero-order valence-electron chi connectivity index (χ0n) is 14.1. The first kappa shape index (κ1) is 17.8. The number of allylic oxidation sites excluding steroid dienone is 1. The van der Waals surface area contributed by atoms with Crippen LogP contribution >= 0.6 is 27.5 Å². The van der Waals surface area contributed by atoms with Crippen LogP contribution in [0.15, 0.2) is 77.0 Å². The maximum absolute atomic E-state index is 12.5. The fourth-order valence-electron chi connectivity index (χ4n) is 2.71. The third kappa shape index (κ3) is 4.07. The Hall–Kier alpha value is -2.56. The molecule has 0 bridgehead atoms. The summed E-state index contributed by atoms with van der Waals surface area (Å²) in [5.74, 6) is 1.31. The first-order valence-corrected chi connectivity index (χ1v) is 9.47. The van der Waals surface area contributed by atoms with Crippen molar-refractivity contribution in [2.75, 3.05) is 0 Å². The Kier molecular flexibility index (Phi) is 5.01. The highest BCUT2D eigenvalue weighted by Gasteiger charge is 2.27. The first-order valence-electron chi connectivity index (χ1n) is 8.29. The minimum absolute atomic E-state index is 0.139. The van der Waals surface area contributed by atoms with Gasteiger partial charge in [0.25, 0.3) is 0 Å². The van der Waals surface area contributed by atoms with Gasteiger partial charge in [-0.15, -0.1) is 0 Å². The second-order valence-electron chi connectivity index (χ2n) is 6.06. The van der Waals surface area contributed by atoms with Crippen LogP contribution in [0.2, 0.25) is 5.02 Å². The Morgan fingerprint density at radius 1 is 1.00 bits per heavy atom. The van der Waals surface area contributed by atoms with E-state index in [1.807, 2.05) is 36.4 Å². The molecule has 0 radical (unpaired) electrons. The van der Waals surface area contributed by atoms with E-state index in [1.165, 1.54) is 0 Å². The molecule has 1 aliphatic rings. The van der Waals surface area contributed by atoms with Crippen LogP contribution in [0.25, 0.3) is 6.08 Å². The molecule has 4 rings (SSSR count). The maximum Gasteiger partial charge on any atom is 0.231 e. The lowest BCUT2D eigenvalue weighted by Gasteiger charge is -2.07. The molecule has 3 nitrogen and oxygen atoms in total. The summed E-state index contributed by atoms with van der Waals surface area (Å²) in [5.41, 5.74) is 2.44. The second-order valence-corrected chi connectivity index (χ2v) is 7.42. The normalized spacial score (nSPS) is 14.1. The van der Waals surface area contributed by atoms with E-state index >= 15 is 0 Å². The van der Waals surface area contributed by atoms with Crippen molar-refractivity contribution in [1.82, 2.24) is 0 Å². The van der Waals surface area contributed by atoms with Gasteiger partial charge in [0.1, 0.15) is 18.1 Å². The Morgan fingerprint density at radius 2 is 1.74 bits per heavy atom. The van der Waals surface area contributed by atoms with Gasteiger partial charge in [-0.25, -0.2) is 0 Å². The molecule has 0 saturated carbocycles.